The number of nitrogens with one attached hydrogen (secondary N) is 1. The third-order valence-corrected chi connectivity index (χ3v) is 6.61. The molecule has 0 aliphatic carbocycles. The third kappa shape index (κ3) is 5.20. The van der Waals surface area contributed by atoms with E-state index in [0.717, 1.165) is 30.9 Å². The molecule has 6 heteroatoms. The van der Waals surface area contributed by atoms with Crippen molar-refractivity contribution < 1.29 is 14.7 Å². The molecule has 3 rings (SSSR count). The van der Waals surface area contributed by atoms with Crippen LogP contribution in [0.2, 0.25) is 0 Å². The second-order valence-corrected chi connectivity index (χ2v) is 9.54. The van der Waals surface area contributed by atoms with Gasteiger partial charge in [-0.2, -0.15) is 0 Å². The van der Waals surface area contributed by atoms with E-state index in [2.05, 4.69) is 31.0 Å². The fourth-order valence-corrected chi connectivity index (χ4v) is 4.36. The van der Waals surface area contributed by atoms with Crippen LogP contribution in [0.3, 0.4) is 0 Å². The van der Waals surface area contributed by atoms with E-state index >= 15 is 0 Å². The van der Waals surface area contributed by atoms with E-state index in [4.69, 9.17) is 5.11 Å². The Morgan fingerprint density at radius 2 is 1.89 bits per heavy atom. The van der Waals surface area contributed by atoms with Gasteiger partial charge in [-0.25, -0.2) is 0 Å². The molecule has 5 nitrogen and oxygen atoms in total. The summed E-state index contributed by atoms with van der Waals surface area (Å²) in [6.07, 6.45) is 1.39. The van der Waals surface area contributed by atoms with Gasteiger partial charge in [-0.1, -0.05) is 32.9 Å². The summed E-state index contributed by atoms with van der Waals surface area (Å²) in [5, 5.41) is 12.1. The molecule has 0 spiro atoms. The van der Waals surface area contributed by atoms with Crippen LogP contribution in [-0.2, 0) is 16.8 Å². The normalized spacial score (nSPS) is 16.1. The molecule has 2 N–H and O–H groups in total. The van der Waals surface area contributed by atoms with Gasteiger partial charge >= 0.3 is 5.97 Å². The highest BCUT2D eigenvalue weighted by Crippen LogP contribution is 2.30. The Kier molecular flexibility index (Phi) is 6.20. The lowest BCUT2D eigenvalue weighted by Crippen LogP contribution is -2.35. The number of carbonyl (C=O) groups excluding carboxylic acids is 1. The zero-order valence-electron chi connectivity index (χ0n) is 16.7. The molecule has 150 valence electrons. The number of hydrogen-bond donors (Lipinski definition) is 2. The average Bonchev–Trinajstić information content (AvgIpc) is 3.13. The van der Waals surface area contributed by atoms with E-state index < -0.39 is 5.97 Å². The van der Waals surface area contributed by atoms with Gasteiger partial charge in [0, 0.05) is 17.1 Å². The summed E-state index contributed by atoms with van der Waals surface area (Å²) in [5.74, 6) is -0.988. The Morgan fingerprint density at radius 1 is 1.18 bits per heavy atom. The minimum Gasteiger partial charge on any atom is -0.481 e. The van der Waals surface area contributed by atoms with Crippen LogP contribution in [0.15, 0.2) is 36.4 Å². The number of benzene rings is 1. The van der Waals surface area contributed by atoms with E-state index in [1.54, 1.807) is 0 Å². The number of likely N-dealkylation sites (tertiary alicyclic amines) is 1. The van der Waals surface area contributed by atoms with Crippen molar-refractivity contribution in [1.29, 1.82) is 0 Å². The van der Waals surface area contributed by atoms with Gasteiger partial charge in [0.15, 0.2) is 0 Å². The van der Waals surface area contributed by atoms with Crippen LogP contribution in [0.4, 0.5) is 5.69 Å². The third-order valence-electron chi connectivity index (χ3n) is 5.10. The molecule has 1 aromatic heterocycles. The number of carbonyl (C=O) groups is 2. The monoisotopic (exact) mass is 400 g/mol. The fraction of sp³-hybridized carbons (Fsp3) is 0.455. The predicted molar refractivity (Wildman–Crippen MR) is 113 cm³/mol. The standard InChI is InChI=1S/C22H28N2O3S/c1-22(2,3)19-8-7-18(28-19)20(25)23-17-6-4-5-15(13-17)14-24-11-9-16(10-12-24)21(26)27/h4-8,13,16H,9-12,14H2,1-3H3,(H,23,25)(H,26,27). The maximum atomic E-state index is 12.6. The van der Waals surface area contributed by atoms with Gasteiger partial charge in [-0.05, 0) is 61.2 Å². The highest BCUT2D eigenvalue weighted by atomic mass is 32.1. The van der Waals surface area contributed by atoms with Crippen molar-refractivity contribution in [2.45, 2.75) is 45.6 Å². The number of rotatable bonds is 5. The quantitative estimate of drug-likeness (QED) is 0.770. The number of carboxylic acids is 1. The molecule has 2 aromatic rings. The molecule has 1 aliphatic heterocycles. The van der Waals surface area contributed by atoms with Crippen molar-refractivity contribution in [3.05, 3.63) is 51.7 Å². The molecule has 0 radical (unpaired) electrons. The molecule has 1 aliphatic rings. The van der Waals surface area contributed by atoms with E-state index in [0.29, 0.717) is 17.7 Å². The van der Waals surface area contributed by atoms with Gasteiger partial charge in [0.2, 0.25) is 0 Å². The first-order valence-corrected chi connectivity index (χ1v) is 10.5. The zero-order chi connectivity index (χ0) is 20.3. The Bertz CT molecular complexity index is 845. The van der Waals surface area contributed by atoms with Crippen molar-refractivity contribution in [2.75, 3.05) is 18.4 Å². The number of aliphatic carboxylic acids is 1. The van der Waals surface area contributed by atoms with Crippen LogP contribution in [0.25, 0.3) is 0 Å². The predicted octanol–water partition coefficient (Wildman–Crippen LogP) is 4.59. The summed E-state index contributed by atoms with van der Waals surface area (Å²) < 4.78 is 0. The first-order chi connectivity index (χ1) is 13.2. The Hall–Kier alpha value is -2.18. The van der Waals surface area contributed by atoms with Crippen LogP contribution < -0.4 is 5.32 Å². The summed E-state index contributed by atoms with van der Waals surface area (Å²) in [4.78, 5) is 27.8. The van der Waals surface area contributed by atoms with Crippen molar-refractivity contribution >= 4 is 28.9 Å². The lowest BCUT2D eigenvalue weighted by Gasteiger charge is -2.30. The largest absolute Gasteiger partial charge is 0.481 e. The lowest BCUT2D eigenvalue weighted by molar-refractivity contribution is -0.143. The van der Waals surface area contributed by atoms with Crippen molar-refractivity contribution in [3.8, 4) is 0 Å². The van der Waals surface area contributed by atoms with E-state index in [9.17, 15) is 9.59 Å². The number of piperidine rings is 1. The van der Waals surface area contributed by atoms with E-state index in [1.807, 2.05) is 36.4 Å². The van der Waals surface area contributed by atoms with Crippen LogP contribution in [0, 0.1) is 5.92 Å². The molecule has 0 atom stereocenters. The van der Waals surface area contributed by atoms with Gasteiger partial charge in [-0.15, -0.1) is 11.3 Å². The minimum absolute atomic E-state index is 0.0389. The molecule has 2 heterocycles. The van der Waals surface area contributed by atoms with Crippen molar-refractivity contribution in [2.24, 2.45) is 5.92 Å². The topological polar surface area (TPSA) is 69.6 Å². The fourth-order valence-electron chi connectivity index (χ4n) is 3.40. The van der Waals surface area contributed by atoms with Gasteiger partial charge in [0.05, 0.1) is 10.8 Å². The van der Waals surface area contributed by atoms with E-state index in [1.165, 1.54) is 16.2 Å². The SMILES string of the molecule is CC(C)(C)c1ccc(C(=O)Nc2cccc(CN3CCC(C(=O)O)CC3)c2)s1. The Morgan fingerprint density at radius 3 is 2.50 bits per heavy atom. The number of carboxylic acid groups (broad SMARTS) is 1. The van der Waals surface area contributed by atoms with Gasteiger partial charge in [0.25, 0.3) is 5.91 Å². The highest BCUT2D eigenvalue weighted by Gasteiger charge is 2.24. The molecule has 1 aromatic carbocycles. The lowest BCUT2D eigenvalue weighted by atomic mass is 9.95. The summed E-state index contributed by atoms with van der Waals surface area (Å²) in [5.41, 5.74) is 1.94. The smallest absolute Gasteiger partial charge is 0.306 e. The number of amides is 1. The number of nitrogens with zero attached hydrogens (tertiary/aromatic N) is 1. The van der Waals surface area contributed by atoms with Crippen LogP contribution in [0.5, 0.6) is 0 Å². The first kappa shape index (κ1) is 20.6. The van der Waals surface area contributed by atoms with Crippen molar-refractivity contribution in [3.63, 3.8) is 0 Å². The summed E-state index contributed by atoms with van der Waals surface area (Å²) >= 11 is 1.53. The molecule has 1 amide bonds. The first-order valence-electron chi connectivity index (χ1n) is 9.68. The second kappa shape index (κ2) is 8.45. The average molecular weight is 401 g/mol. The molecule has 0 bridgehead atoms. The van der Waals surface area contributed by atoms with Crippen LogP contribution >= 0.6 is 11.3 Å². The van der Waals surface area contributed by atoms with Crippen LogP contribution in [0.1, 0.15) is 53.7 Å². The number of anilines is 1. The highest BCUT2D eigenvalue weighted by molar-refractivity contribution is 7.14. The molecule has 1 fully saturated rings. The Labute approximate surface area is 170 Å². The maximum absolute atomic E-state index is 12.6. The molecule has 1 saturated heterocycles. The molecular formula is C22H28N2O3S. The van der Waals surface area contributed by atoms with Gasteiger partial charge in [-0.3, -0.25) is 14.5 Å². The summed E-state index contributed by atoms with van der Waals surface area (Å²) in [6.45, 7) is 8.77. The van der Waals surface area contributed by atoms with E-state index in [-0.39, 0.29) is 17.2 Å². The molecule has 28 heavy (non-hydrogen) atoms. The zero-order valence-corrected chi connectivity index (χ0v) is 17.5. The summed E-state index contributed by atoms with van der Waals surface area (Å²) in [7, 11) is 0. The number of hydrogen-bond acceptors (Lipinski definition) is 4. The molecular weight excluding hydrogens is 372 g/mol. The molecule has 0 saturated carbocycles. The second-order valence-electron chi connectivity index (χ2n) is 8.46. The van der Waals surface area contributed by atoms with Gasteiger partial charge < -0.3 is 10.4 Å². The van der Waals surface area contributed by atoms with Crippen LogP contribution in [-0.4, -0.2) is 35.0 Å². The Balaban J connectivity index is 1.60. The van der Waals surface area contributed by atoms with Gasteiger partial charge in [0.1, 0.15) is 0 Å². The number of thiophene rings is 1. The minimum atomic E-state index is -0.687. The molecule has 0 unspecified atom stereocenters. The maximum Gasteiger partial charge on any atom is 0.306 e. The van der Waals surface area contributed by atoms with Crippen molar-refractivity contribution in [1.82, 2.24) is 4.90 Å². The summed E-state index contributed by atoms with van der Waals surface area (Å²) in [6, 6.07) is 11.8.